The zero-order chi connectivity index (χ0) is 14.0. The number of nitrogens with one attached hydrogen (secondary N) is 1. The van der Waals surface area contributed by atoms with Gasteiger partial charge in [-0.05, 0) is 54.9 Å². The van der Waals surface area contributed by atoms with Gasteiger partial charge in [-0.15, -0.1) is 0 Å². The number of benzene rings is 1. The fourth-order valence-electron chi connectivity index (χ4n) is 3.42. The van der Waals surface area contributed by atoms with Gasteiger partial charge in [0.05, 0.1) is 0 Å². The van der Waals surface area contributed by atoms with Crippen LogP contribution < -0.4 is 11.1 Å². The van der Waals surface area contributed by atoms with Gasteiger partial charge in [-0.2, -0.15) is 0 Å². The topological polar surface area (TPSA) is 55.1 Å². The Morgan fingerprint density at radius 2 is 1.89 bits per heavy atom. The van der Waals surface area contributed by atoms with Crippen LogP contribution in [0.3, 0.4) is 0 Å². The van der Waals surface area contributed by atoms with E-state index in [1.54, 1.807) is 12.1 Å². The van der Waals surface area contributed by atoms with Crippen molar-refractivity contribution in [2.24, 2.45) is 17.1 Å². The van der Waals surface area contributed by atoms with E-state index >= 15 is 0 Å². The van der Waals surface area contributed by atoms with Crippen LogP contribution in [0.1, 0.15) is 50.4 Å². The van der Waals surface area contributed by atoms with Crippen molar-refractivity contribution < 1.29 is 4.79 Å². The summed E-state index contributed by atoms with van der Waals surface area (Å²) in [6.07, 6.45) is 3.70. The Labute approximate surface area is 115 Å². The summed E-state index contributed by atoms with van der Waals surface area (Å²) in [5, 5.41) is 3.58. The van der Waals surface area contributed by atoms with Gasteiger partial charge >= 0.3 is 0 Å². The highest BCUT2D eigenvalue weighted by Crippen LogP contribution is 2.39. The predicted molar refractivity (Wildman–Crippen MR) is 79.2 cm³/mol. The number of nitrogens with two attached hydrogens (primary N) is 1. The van der Waals surface area contributed by atoms with Crippen LogP contribution in [-0.4, -0.2) is 11.9 Å². The van der Waals surface area contributed by atoms with E-state index < -0.39 is 0 Å². The van der Waals surface area contributed by atoms with Gasteiger partial charge in [0.1, 0.15) is 0 Å². The maximum Gasteiger partial charge on any atom is 0.248 e. The third-order valence-corrected chi connectivity index (χ3v) is 3.93. The van der Waals surface area contributed by atoms with Gasteiger partial charge in [-0.25, -0.2) is 0 Å². The Bertz CT molecular complexity index is 450. The van der Waals surface area contributed by atoms with Gasteiger partial charge in [0, 0.05) is 17.3 Å². The zero-order valence-corrected chi connectivity index (χ0v) is 12.1. The number of rotatable bonds is 3. The Morgan fingerprint density at radius 3 is 2.42 bits per heavy atom. The van der Waals surface area contributed by atoms with E-state index in [2.05, 4.69) is 26.1 Å². The van der Waals surface area contributed by atoms with Crippen LogP contribution in [0.4, 0.5) is 5.69 Å². The zero-order valence-electron chi connectivity index (χ0n) is 12.1. The smallest absolute Gasteiger partial charge is 0.248 e. The number of anilines is 1. The molecule has 2 atom stereocenters. The monoisotopic (exact) mass is 260 g/mol. The number of carbonyl (C=O) groups excluding carboxylic acids is 1. The highest BCUT2D eigenvalue weighted by molar-refractivity contribution is 5.93. The van der Waals surface area contributed by atoms with Crippen LogP contribution in [0.25, 0.3) is 0 Å². The average molecular weight is 260 g/mol. The van der Waals surface area contributed by atoms with Gasteiger partial charge in [-0.3, -0.25) is 4.79 Å². The fraction of sp³-hybridized carbons (Fsp3) is 0.562. The lowest BCUT2D eigenvalue weighted by Gasteiger charge is -2.39. The molecule has 3 N–H and O–H groups in total. The minimum Gasteiger partial charge on any atom is -0.382 e. The molecule has 1 amide bonds. The van der Waals surface area contributed by atoms with Crippen LogP contribution in [0, 0.1) is 11.3 Å². The number of hydrogen-bond donors (Lipinski definition) is 2. The summed E-state index contributed by atoms with van der Waals surface area (Å²) in [4.78, 5) is 11.0. The predicted octanol–water partition coefficient (Wildman–Crippen LogP) is 3.41. The fourth-order valence-corrected chi connectivity index (χ4v) is 3.42. The lowest BCUT2D eigenvalue weighted by Crippen LogP contribution is -2.35. The van der Waals surface area contributed by atoms with Gasteiger partial charge in [0.2, 0.25) is 5.91 Å². The van der Waals surface area contributed by atoms with E-state index in [0.717, 1.165) is 11.6 Å². The normalized spacial score (nSPS) is 25.8. The van der Waals surface area contributed by atoms with Crippen LogP contribution in [0.2, 0.25) is 0 Å². The SMILES string of the molecule is CC1CC(Nc2ccc(C(N)=O)cc2)CC(C)(C)C1. The summed E-state index contributed by atoms with van der Waals surface area (Å²) in [5.41, 5.74) is 7.28. The van der Waals surface area contributed by atoms with Crippen molar-refractivity contribution >= 4 is 11.6 Å². The molecule has 0 heterocycles. The molecule has 2 rings (SSSR count). The van der Waals surface area contributed by atoms with Crippen molar-refractivity contribution in [1.29, 1.82) is 0 Å². The summed E-state index contributed by atoms with van der Waals surface area (Å²) in [6, 6.07) is 7.95. The Hall–Kier alpha value is -1.51. The van der Waals surface area contributed by atoms with Crippen molar-refractivity contribution in [3.05, 3.63) is 29.8 Å². The lowest BCUT2D eigenvalue weighted by molar-refractivity contribution is 0.100. The maximum atomic E-state index is 11.0. The second-order valence-electron chi connectivity index (χ2n) is 6.70. The van der Waals surface area contributed by atoms with Crippen molar-refractivity contribution in [2.45, 2.75) is 46.1 Å². The first kappa shape index (κ1) is 13.9. The van der Waals surface area contributed by atoms with Crippen LogP contribution in [0.15, 0.2) is 24.3 Å². The minimum atomic E-state index is -0.376. The number of primary amides is 1. The molecule has 1 fully saturated rings. The van der Waals surface area contributed by atoms with Crippen LogP contribution in [0.5, 0.6) is 0 Å². The van der Waals surface area contributed by atoms with Crippen molar-refractivity contribution in [3.8, 4) is 0 Å². The molecule has 1 aliphatic carbocycles. The van der Waals surface area contributed by atoms with Gasteiger partial charge in [0.15, 0.2) is 0 Å². The van der Waals surface area contributed by atoms with E-state index in [1.165, 1.54) is 19.3 Å². The molecule has 1 aliphatic rings. The molecule has 1 aromatic carbocycles. The highest BCUT2D eigenvalue weighted by Gasteiger charge is 2.31. The Balaban J connectivity index is 2.02. The quantitative estimate of drug-likeness (QED) is 0.875. The molecule has 1 aromatic rings. The van der Waals surface area contributed by atoms with E-state index in [9.17, 15) is 4.79 Å². The maximum absolute atomic E-state index is 11.0. The standard InChI is InChI=1S/C16H24N2O/c1-11-8-14(10-16(2,3)9-11)18-13-6-4-12(5-7-13)15(17)19/h4-7,11,14,18H,8-10H2,1-3H3,(H2,17,19). The molecule has 19 heavy (non-hydrogen) atoms. The van der Waals surface area contributed by atoms with E-state index in [-0.39, 0.29) is 5.91 Å². The number of hydrogen-bond acceptors (Lipinski definition) is 2. The molecule has 104 valence electrons. The molecule has 0 radical (unpaired) electrons. The summed E-state index contributed by atoms with van der Waals surface area (Å²) >= 11 is 0. The Kier molecular flexibility index (Phi) is 3.83. The van der Waals surface area contributed by atoms with Crippen molar-refractivity contribution in [2.75, 3.05) is 5.32 Å². The summed E-state index contributed by atoms with van der Waals surface area (Å²) in [7, 11) is 0. The summed E-state index contributed by atoms with van der Waals surface area (Å²) < 4.78 is 0. The lowest BCUT2D eigenvalue weighted by atomic mass is 9.70. The molecule has 0 spiro atoms. The minimum absolute atomic E-state index is 0.376. The highest BCUT2D eigenvalue weighted by atomic mass is 16.1. The molecule has 0 saturated heterocycles. The molecular formula is C16H24N2O. The third kappa shape index (κ3) is 3.72. The van der Waals surface area contributed by atoms with Crippen molar-refractivity contribution in [1.82, 2.24) is 0 Å². The number of amides is 1. The van der Waals surface area contributed by atoms with E-state index in [4.69, 9.17) is 5.73 Å². The number of carbonyl (C=O) groups is 1. The average Bonchev–Trinajstić information content (AvgIpc) is 2.26. The van der Waals surface area contributed by atoms with E-state index in [0.29, 0.717) is 17.0 Å². The molecule has 0 aliphatic heterocycles. The second kappa shape index (κ2) is 5.24. The van der Waals surface area contributed by atoms with Gasteiger partial charge in [0.25, 0.3) is 0 Å². The molecule has 0 bridgehead atoms. The van der Waals surface area contributed by atoms with Gasteiger partial charge in [-0.1, -0.05) is 20.8 Å². The molecule has 0 aromatic heterocycles. The van der Waals surface area contributed by atoms with E-state index in [1.807, 2.05) is 12.1 Å². The Morgan fingerprint density at radius 1 is 1.26 bits per heavy atom. The van der Waals surface area contributed by atoms with Crippen LogP contribution in [-0.2, 0) is 0 Å². The molecular weight excluding hydrogens is 236 g/mol. The summed E-state index contributed by atoms with van der Waals surface area (Å²) in [5.74, 6) is 0.380. The second-order valence-corrected chi connectivity index (χ2v) is 6.70. The first-order valence-electron chi connectivity index (χ1n) is 7.02. The largest absolute Gasteiger partial charge is 0.382 e. The first-order chi connectivity index (χ1) is 8.85. The first-order valence-corrected chi connectivity index (χ1v) is 7.02. The van der Waals surface area contributed by atoms with Crippen molar-refractivity contribution in [3.63, 3.8) is 0 Å². The van der Waals surface area contributed by atoms with Gasteiger partial charge < -0.3 is 11.1 Å². The molecule has 1 saturated carbocycles. The van der Waals surface area contributed by atoms with Crippen LogP contribution >= 0.6 is 0 Å². The molecule has 2 unspecified atom stereocenters. The molecule has 3 heteroatoms. The molecule has 3 nitrogen and oxygen atoms in total. The summed E-state index contributed by atoms with van der Waals surface area (Å²) in [6.45, 7) is 7.01. The third-order valence-electron chi connectivity index (χ3n) is 3.93.